The number of carbonyl (C=O) groups excluding carboxylic acids is 1. The van der Waals surface area contributed by atoms with Crippen LogP contribution in [0.5, 0.6) is 0 Å². The van der Waals surface area contributed by atoms with Gasteiger partial charge in [0, 0.05) is 43.8 Å². The standard InChI is InChI=1S/C20H31N5O4.HI/c1-20(2,3)23-18(26)13-24(4)19(22-12-16-9-10-29-14-16)21-11-15-5-7-17(8-6-15)25(27)28;/h5-8,16H,9-14H2,1-4H3,(H,21,22)(H,23,26);1H. The molecule has 1 aromatic rings. The van der Waals surface area contributed by atoms with Crippen LogP contribution >= 0.6 is 24.0 Å². The number of amides is 1. The minimum atomic E-state index is -0.425. The minimum Gasteiger partial charge on any atom is -0.381 e. The molecule has 1 saturated heterocycles. The summed E-state index contributed by atoms with van der Waals surface area (Å²) in [7, 11) is 1.81. The van der Waals surface area contributed by atoms with Gasteiger partial charge in [-0.3, -0.25) is 14.9 Å². The monoisotopic (exact) mass is 533 g/mol. The van der Waals surface area contributed by atoms with Crippen molar-refractivity contribution in [3.05, 3.63) is 39.9 Å². The third kappa shape index (κ3) is 9.24. The number of non-ortho nitro benzene ring substituents is 1. The predicted molar refractivity (Wildman–Crippen MR) is 127 cm³/mol. The zero-order valence-corrected chi connectivity index (χ0v) is 20.3. The molecule has 30 heavy (non-hydrogen) atoms. The fraction of sp³-hybridized carbons (Fsp3) is 0.600. The molecule has 0 saturated carbocycles. The molecule has 168 valence electrons. The largest absolute Gasteiger partial charge is 0.381 e. The number of halogens is 1. The lowest BCUT2D eigenvalue weighted by atomic mass is 10.1. The van der Waals surface area contributed by atoms with Crippen molar-refractivity contribution in [2.24, 2.45) is 10.9 Å². The number of nitro groups is 1. The Morgan fingerprint density at radius 1 is 1.33 bits per heavy atom. The lowest BCUT2D eigenvalue weighted by Gasteiger charge is -2.26. The second-order valence-corrected chi connectivity index (χ2v) is 8.33. The van der Waals surface area contributed by atoms with Crippen molar-refractivity contribution in [3.8, 4) is 0 Å². The van der Waals surface area contributed by atoms with Crippen molar-refractivity contribution in [1.82, 2.24) is 15.5 Å². The second-order valence-electron chi connectivity index (χ2n) is 8.33. The number of nitrogens with zero attached hydrogens (tertiary/aromatic N) is 3. The molecule has 1 heterocycles. The van der Waals surface area contributed by atoms with Crippen molar-refractivity contribution in [2.45, 2.75) is 39.3 Å². The fourth-order valence-electron chi connectivity index (χ4n) is 2.93. The molecule has 0 aromatic heterocycles. The van der Waals surface area contributed by atoms with E-state index in [4.69, 9.17) is 4.74 Å². The topological polar surface area (TPSA) is 109 Å². The molecular formula is C20H32IN5O4. The van der Waals surface area contributed by atoms with E-state index in [1.54, 1.807) is 17.0 Å². The van der Waals surface area contributed by atoms with Gasteiger partial charge in [-0.2, -0.15) is 0 Å². The minimum absolute atomic E-state index is 0. The van der Waals surface area contributed by atoms with E-state index in [-0.39, 0.29) is 47.7 Å². The van der Waals surface area contributed by atoms with Crippen molar-refractivity contribution in [3.63, 3.8) is 0 Å². The first-order valence-electron chi connectivity index (χ1n) is 9.75. The van der Waals surface area contributed by atoms with Gasteiger partial charge < -0.3 is 20.3 Å². The first kappa shape index (κ1) is 26.1. The number of hydrogen-bond acceptors (Lipinski definition) is 5. The van der Waals surface area contributed by atoms with Crippen LogP contribution in [0.3, 0.4) is 0 Å². The van der Waals surface area contributed by atoms with Crippen LogP contribution in [0.2, 0.25) is 0 Å². The Hall–Kier alpha value is -1.95. The smallest absolute Gasteiger partial charge is 0.269 e. The van der Waals surface area contributed by atoms with Crippen LogP contribution in [0, 0.1) is 16.0 Å². The molecule has 1 aromatic carbocycles. The van der Waals surface area contributed by atoms with E-state index in [1.165, 1.54) is 12.1 Å². The van der Waals surface area contributed by atoms with Crippen LogP contribution < -0.4 is 10.6 Å². The van der Waals surface area contributed by atoms with Gasteiger partial charge in [0.2, 0.25) is 5.91 Å². The van der Waals surface area contributed by atoms with Crippen molar-refractivity contribution in [1.29, 1.82) is 0 Å². The van der Waals surface area contributed by atoms with Crippen LogP contribution in [-0.2, 0) is 16.1 Å². The van der Waals surface area contributed by atoms with Gasteiger partial charge in [-0.05, 0) is 32.8 Å². The van der Waals surface area contributed by atoms with Crippen LogP contribution in [-0.4, -0.2) is 60.6 Å². The Bertz CT molecular complexity index is 728. The molecule has 2 rings (SSSR count). The Kier molecular flexibility index (Phi) is 10.5. The lowest BCUT2D eigenvalue weighted by Crippen LogP contribution is -2.49. The summed E-state index contributed by atoms with van der Waals surface area (Å²) in [5.74, 6) is 0.935. The van der Waals surface area contributed by atoms with Crippen LogP contribution in [0.15, 0.2) is 29.3 Å². The molecule has 1 aliphatic rings. The highest BCUT2D eigenvalue weighted by atomic mass is 127. The number of benzene rings is 1. The first-order chi connectivity index (χ1) is 13.6. The number of hydrogen-bond donors (Lipinski definition) is 2. The average Bonchev–Trinajstić information content (AvgIpc) is 3.13. The summed E-state index contributed by atoms with van der Waals surface area (Å²) in [5.41, 5.74) is 0.600. The molecule has 1 fully saturated rings. The number of likely N-dealkylation sites (N-methyl/N-ethyl adjacent to an activating group) is 1. The van der Waals surface area contributed by atoms with E-state index >= 15 is 0 Å². The Morgan fingerprint density at radius 3 is 2.53 bits per heavy atom. The highest BCUT2D eigenvalue weighted by Gasteiger charge is 2.19. The van der Waals surface area contributed by atoms with Crippen molar-refractivity contribution < 1.29 is 14.5 Å². The quantitative estimate of drug-likeness (QED) is 0.183. The molecule has 0 bridgehead atoms. The van der Waals surface area contributed by atoms with Gasteiger partial charge in [0.05, 0.1) is 24.6 Å². The van der Waals surface area contributed by atoms with E-state index in [2.05, 4.69) is 15.6 Å². The number of ether oxygens (including phenoxy) is 1. The molecule has 0 aliphatic carbocycles. The summed E-state index contributed by atoms with van der Waals surface area (Å²) >= 11 is 0. The third-order valence-electron chi connectivity index (χ3n) is 4.39. The average molecular weight is 533 g/mol. The number of nitrogens with one attached hydrogen (secondary N) is 2. The lowest BCUT2D eigenvalue weighted by molar-refractivity contribution is -0.384. The molecule has 1 unspecified atom stereocenters. The summed E-state index contributed by atoms with van der Waals surface area (Å²) in [6.07, 6.45) is 0.997. The predicted octanol–water partition coefficient (Wildman–Crippen LogP) is 2.54. The Morgan fingerprint density at radius 2 is 2.00 bits per heavy atom. The fourth-order valence-corrected chi connectivity index (χ4v) is 2.93. The maximum absolute atomic E-state index is 12.3. The highest BCUT2D eigenvalue weighted by Crippen LogP contribution is 2.13. The maximum Gasteiger partial charge on any atom is 0.269 e. The van der Waals surface area contributed by atoms with Crippen molar-refractivity contribution >= 4 is 41.5 Å². The van der Waals surface area contributed by atoms with E-state index < -0.39 is 4.92 Å². The van der Waals surface area contributed by atoms with Crippen LogP contribution in [0.25, 0.3) is 0 Å². The maximum atomic E-state index is 12.3. The van der Waals surface area contributed by atoms with E-state index in [1.807, 2.05) is 27.8 Å². The van der Waals surface area contributed by atoms with Gasteiger partial charge in [0.1, 0.15) is 0 Å². The molecular weight excluding hydrogens is 501 g/mol. The molecule has 0 radical (unpaired) electrons. The molecule has 1 atom stereocenters. The molecule has 2 N–H and O–H groups in total. The molecule has 1 amide bonds. The van der Waals surface area contributed by atoms with Crippen LogP contribution in [0.4, 0.5) is 5.69 Å². The van der Waals surface area contributed by atoms with Gasteiger partial charge in [-0.15, -0.1) is 24.0 Å². The van der Waals surface area contributed by atoms with E-state index in [0.717, 1.165) is 25.2 Å². The van der Waals surface area contributed by atoms with E-state index in [9.17, 15) is 14.9 Å². The Balaban J connectivity index is 0.00000450. The van der Waals surface area contributed by atoms with Crippen LogP contribution in [0.1, 0.15) is 32.8 Å². The zero-order chi connectivity index (χ0) is 21.4. The molecule has 10 heteroatoms. The Labute approximate surface area is 194 Å². The SMILES string of the molecule is CN(CC(=O)NC(C)(C)C)C(=NCc1ccc([N+](=O)[O-])cc1)NCC1CCOC1.I. The zero-order valence-electron chi connectivity index (χ0n) is 18.0. The highest BCUT2D eigenvalue weighted by molar-refractivity contribution is 14.0. The second kappa shape index (κ2) is 12.0. The first-order valence-corrected chi connectivity index (χ1v) is 9.75. The molecule has 1 aliphatic heterocycles. The van der Waals surface area contributed by atoms with Gasteiger partial charge in [0.15, 0.2) is 5.96 Å². The number of aliphatic imine (C=N–C) groups is 1. The summed E-state index contributed by atoms with van der Waals surface area (Å²) < 4.78 is 5.42. The number of guanidine groups is 1. The van der Waals surface area contributed by atoms with Gasteiger partial charge in [-0.25, -0.2) is 4.99 Å². The third-order valence-corrected chi connectivity index (χ3v) is 4.39. The van der Waals surface area contributed by atoms with Gasteiger partial charge in [-0.1, -0.05) is 12.1 Å². The van der Waals surface area contributed by atoms with Crippen molar-refractivity contribution in [2.75, 3.05) is 33.4 Å². The molecule has 9 nitrogen and oxygen atoms in total. The normalized spacial score (nSPS) is 16.5. The van der Waals surface area contributed by atoms with E-state index in [0.29, 0.717) is 25.0 Å². The summed E-state index contributed by atoms with van der Waals surface area (Å²) in [6.45, 7) is 8.54. The summed E-state index contributed by atoms with van der Waals surface area (Å²) in [4.78, 5) is 29.1. The van der Waals surface area contributed by atoms with Gasteiger partial charge >= 0.3 is 0 Å². The van der Waals surface area contributed by atoms with Gasteiger partial charge in [0.25, 0.3) is 5.69 Å². The summed E-state index contributed by atoms with van der Waals surface area (Å²) in [5, 5.41) is 17.1. The summed E-state index contributed by atoms with van der Waals surface area (Å²) in [6, 6.07) is 6.31. The molecule has 0 spiro atoms. The number of nitro benzene ring substituents is 1. The number of carbonyl (C=O) groups is 1. The number of rotatable bonds is 7.